The van der Waals surface area contributed by atoms with Crippen molar-refractivity contribution in [2.24, 2.45) is 0 Å². The number of esters is 1. The van der Waals surface area contributed by atoms with Gasteiger partial charge < -0.3 is 13.9 Å². The Morgan fingerprint density at radius 3 is 2.55 bits per heavy atom. The molecule has 0 aliphatic rings. The number of ketones is 1. The van der Waals surface area contributed by atoms with Gasteiger partial charge in [0.2, 0.25) is 5.78 Å². The van der Waals surface area contributed by atoms with Crippen molar-refractivity contribution in [2.45, 2.75) is 32.8 Å². The fourth-order valence-electron chi connectivity index (χ4n) is 2.81. The van der Waals surface area contributed by atoms with E-state index in [0.29, 0.717) is 22.0 Å². The summed E-state index contributed by atoms with van der Waals surface area (Å²) in [5.74, 6) is -1.74. The highest BCUT2D eigenvalue weighted by Gasteiger charge is 2.23. The van der Waals surface area contributed by atoms with Gasteiger partial charge in [0.15, 0.2) is 5.76 Å². The third-order valence-corrected chi connectivity index (χ3v) is 4.08. The van der Waals surface area contributed by atoms with Crippen molar-refractivity contribution in [1.82, 2.24) is 4.57 Å². The number of methoxy groups -OCH3 is 1. The summed E-state index contributed by atoms with van der Waals surface area (Å²) in [5, 5.41) is 0.574. The minimum atomic E-state index is -0.732. The Balaban J connectivity index is 2.04. The first-order chi connectivity index (χ1) is 13.6. The van der Waals surface area contributed by atoms with Crippen LogP contribution in [0.25, 0.3) is 22.0 Å². The van der Waals surface area contributed by atoms with Gasteiger partial charge in [0.1, 0.15) is 17.8 Å². The maximum Gasteiger partial charge on any atom is 0.419 e. The molecular formula is C21H20FNO6. The molecule has 0 radical (unpaired) electrons. The first kappa shape index (κ1) is 20.3. The largest absolute Gasteiger partial charge is 0.469 e. The van der Waals surface area contributed by atoms with Gasteiger partial charge in [-0.3, -0.25) is 14.2 Å². The third kappa shape index (κ3) is 4.37. The van der Waals surface area contributed by atoms with Crippen LogP contribution in [-0.2, 0) is 14.3 Å². The molecule has 0 fully saturated rings. The van der Waals surface area contributed by atoms with E-state index >= 15 is 0 Å². The Labute approximate surface area is 166 Å². The topological polar surface area (TPSA) is 87.7 Å². The fraction of sp³-hybridized carbons (Fsp3) is 0.286. The van der Waals surface area contributed by atoms with Crippen LogP contribution in [0.15, 0.2) is 41.1 Å². The summed E-state index contributed by atoms with van der Waals surface area (Å²) in [5.41, 5.74) is 0.631. The lowest BCUT2D eigenvalue weighted by atomic mass is 10.1. The van der Waals surface area contributed by atoms with Crippen LogP contribution in [0.2, 0.25) is 0 Å². The molecule has 0 amide bonds. The van der Waals surface area contributed by atoms with E-state index in [1.54, 1.807) is 20.8 Å². The van der Waals surface area contributed by atoms with Gasteiger partial charge in [-0.2, -0.15) is 0 Å². The van der Waals surface area contributed by atoms with Gasteiger partial charge in [-0.1, -0.05) is 0 Å². The molecule has 0 saturated heterocycles. The first-order valence-corrected chi connectivity index (χ1v) is 8.82. The van der Waals surface area contributed by atoms with Gasteiger partial charge >= 0.3 is 12.1 Å². The molecule has 2 heterocycles. The van der Waals surface area contributed by atoms with E-state index in [1.807, 2.05) is 0 Å². The normalized spacial score (nSPS) is 11.5. The van der Waals surface area contributed by atoms with Crippen LogP contribution in [0, 0.1) is 5.82 Å². The number of carbonyl (C=O) groups is 3. The molecule has 29 heavy (non-hydrogen) atoms. The highest BCUT2D eigenvalue weighted by molar-refractivity contribution is 6.06. The summed E-state index contributed by atoms with van der Waals surface area (Å²) < 4.78 is 30.2. The molecule has 0 aliphatic carbocycles. The summed E-state index contributed by atoms with van der Waals surface area (Å²) in [6, 6.07) is 5.49. The van der Waals surface area contributed by atoms with Crippen LogP contribution in [0.4, 0.5) is 9.18 Å². The Bertz CT molecular complexity index is 1100. The summed E-state index contributed by atoms with van der Waals surface area (Å²) in [6.07, 6.45) is 1.72. The maximum atomic E-state index is 13.8. The van der Waals surface area contributed by atoms with Gasteiger partial charge in [-0.25, -0.2) is 9.18 Å². The van der Waals surface area contributed by atoms with Crippen LogP contribution >= 0.6 is 0 Å². The average molecular weight is 401 g/mol. The summed E-state index contributed by atoms with van der Waals surface area (Å²) >= 11 is 0. The Hall–Kier alpha value is -3.42. The smallest absolute Gasteiger partial charge is 0.419 e. The standard InChI is InChI=1S/C21H20FNO6/c1-21(2,3)29-20(26)23-10-15(14-6-5-13(22)8-16(14)23)12-7-18(28-11-12)17(24)9-19(25)27-4/h5-8,10-11H,9H2,1-4H3. The third-order valence-electron chi connectivity index (χ3n) is 4.08. The minimum Gasteiger partial charge on any atom is -0.469 e. The predicted molar refractivity (Wildman–Crippen MR) is 102 cm³/mol. The molecule has 8 heteroatoms. The molecule has 0 saturated carbocycles. The van der Waals surface area contributed by atoms with Crippen LogP contribution in [-0.4, -0.2) is 35.1 Å². The Morgan fingerprint density at radius 2 is 1.90 bits per heavy atom. The van der Waals surface area contributed by atoms with Crippen LogP contribution in [0.1, 0.15) is 37.7 Å². The van der Waals surface area contributed by atoms with Crippen molar-refractivity contribution in [3.8, 4) is 11.1 Å². The second kappa shape index (κ2) is 7.54. The molecule has 1 aromatic carbocycles. The summed E-state index contributed by atoms with van der Waals surface area (Å²) in [7, 11) is 1.19. The molecule has 0 spiro atoms. The second-order valence-corrected chi connectivity index (χ2v) is 7.43. The number of furan rings is 1. The number of ether oxygens (including phenoxy) is 2. The zero-order valence-electron chi connectivity index (χ0n) is 16.4. The van der Waals surface area contributed by atoms with Gasteiger partial charge in [-0.15, -0.1) is 0 Å². The van der Waals surface area contributed by atoms with Crippen molar-refractivity contribution in [2.75, 3.05) is 7.11 Å². The zero-order valence-corrected chi connectivity index (χ0v) is 16.4. The summed E-state index contributed by atoms with van der Waals surface area (Å²) in [6.45, 7) is 5.19. The average Bonchev–Trinajstić information content (AvgIpc) is 3.24. The molecule has 152 valence electrons. The Kier molecular flexibility index (Phi) is 5.28. The summed E-state index contributed by atoms with van der Waals surface area (Å²) in [4.78, 5) is 36.0. The van der Waals surface area contributed by atoms with E-state index in [2.05, 4.69) is 4.74 Å². The van der Waals surface area contributed by atoms with E-state index in [1.165, 1.54) is 48.4 Å². The number of Topliss-reactive ketones (excluding diaryl/α,β-unsaturated/α-hetero) is 1. The van der Waals surface area contributed by atoms with Crippen molar-refractivity contribution in [1.29, 1.82) is 0 Å². The van der Waals surface area contributed by atoms with Crippen LogP contribution in [0.5, 0.6) is 0 Å². The lowest BCUT2D eigenvalue weighted by Crippen LogP contribution is -2.26. The molecule has 0 bridgehead atoms. The van der Waals surface area contributed by atoms with Crippen molar-refractivity contribution >= 4 is 28.7 Å². The molecule has 0 atom stereocenters. The van der Waals surface area contributed by atoms with Crippen molar-refractivity contribution in [3.63, 3.8) is 0 Å². The lowest BCUT2D eigenvalue weighted by Gasteiger charge is -2.19. The fourth-order valence-corrected chi connectivity index (χ4v) is 2.81. The molecule has 2 aromatic heterocycles. The van der Waals surface area contributed by atoms with E-state index < -0.39 is 35.7 Å². The number of carbonyl (C=O) groups excluding carboxylic acids is 3. The number of aromatic nitrogens is 1. The number of benzene rings is 1. The number of rotatable bonds is 4. The van der Waals surface area contributed by atoms with Gasteiger partial charge in [-0.05, 0) is 45.0 Å². The lowest BCUT2D eigenvalue weighted by molar-refractivity contribution is -0.139. The molecular weight excluding hydrogens is 381 g/mol. The number of fused-ring (bicyclic) bond motifs is 1. The Morgan fingerprint density at radius 1 is 1.17 bits per heavy atom. The van der Waals surface area contributed by atoms with E-state index in [0.717, 1.165) is 0 Å². The van der Waals surface area contributed by atoms with Crippen molar-refractivity contribution < 1.29 is 32.7 Å². The number of nitrogens with zero attached hydrogens (tertiary/aromatic N) is 1. The minimum absolute atomic E-state index is 0.0225. The predicted octanol–water partition coefficient (Wildman–Crippen LogP) is 4.57. The second-order valence-electron chi connectivity index (χ2n) is 7.43. The number of hydrogen-bond acceptors (Lipinski definition) is 6. The van der Waals surface area contributed by atoms with Crippen LogP contribution in [0.3, 0.4) is 0 Å². The van der Waals surface area contributed by atoms with E-state index in [4.69, 9.17) is 9.15 Å². The quantitative estimate of drug-likeness (QED) is 0.362. The monoisotopic (exact) mass is 401 g/mol. The molecule has 0 unspecified atom stereocenters. The van der Waals surface area contributed by atoms with E-state index in [-0.39, 0.29) is 5.76 Å². The van der Waals surface area contributed by atoms with Gasteiger partial charge in [0.05, 0.1) is 18.9 Å². The molecule has 0 aliphatic heterocycles. The van der Waals surface area contributed by atoms with Crippen molar-refractivity contribution in [3.05, 3.63) is 48.3 Å². The highest BCUT2D eigenvalue weighted by Crippen LogP contribution is 2.33. The van der Waals surface area contributed by atoms with Gasteiger partial charge in [0.25, 0.3) is 0 Å². The first-order valence-electron chi connectivity index (χ1n) is 8.82. The number of hydrogen-bond donors (Lipinski definition) is 0. The SMILES string of the molecule is COC(=O)CC(=O)c1cc(-c2cn(C(=O)OC(C)(C)C)c3cc(F)ccc23)co1. The van der Waals surface area contributed by atoms with Gasteiger partial charge in [0, 0.05) is 22.7 Å². The molecule has 7 nitrogen and oxygen atoms in total. The molecule has 3 rings (SSSR count). The number of halogens is 1. The zero-order chi connectivity index (χ0) is 21.3. The van der Waals surface area contributed by atoms with E-state index in [9.17, 15) is 18.8 Å². The van der Waals surface area contributed by atoms with Crippen LogP contribution < -0.4 is 0 Å². The molecule has 0 N–H and O–H groups in total. The molecule has 3 aromatic rings. The maximum absolute atomic E-state index is 13.8. The highest BCUT2D eigenvalue weighted by atomic mass is 19.1.